The Morgan fingerprint density at radius 2 is 1.74 bits per heavy atom. The number of carbonyl (C=O) groups is 2. The Morgan fingerprint density at radius 1 is 1.03 bits per heavy atom. The third-order valence-corrected chi connectivity index (χ3v) is 7.21. The molecule has 8 heteroatoms. The van der Waals surface area contributed by atoms with Crippen molar-refractivity contribution in [2.45, 2.75) is 59.4 Å². The Morgan fingerprint density at radius 3 is 2.34 bits per heavy atom. The molecule has 3 aromatic heterocycles. The molecule has 8 nitrogen and oxygen atoms in total. The molecule has 198 valence electrons. The lowest BCUT2D eigenvalue weighted by Gasteiger charge is -2.46. The Labute approximate surface area is 223 Å². The second-order valence-corrected chi connectivity index (χ2v) is 11.9. The summed E-state index contributed by atoms with van der Waals surface area (Å²) in [7, 11) is 0. The van der Waals surface area contributed by atoms with E-state index < -0.39 is 5.54 Å². The highest BCUT2D eigenvalue weighted by molar-refractivity contribution is 5.97. The molecule has 5 rings (SSSR count). The molecule has 0 bridgehead atoms. The SMILES string of the molecule is Cc1ccc(-c2cc(C(C)(C)C)c3oc(C(=O)N4CCN(C(=O)c5cnc(C)[nH]5)CC4(C)C)cc3n2)cc1. The van der Waals surface area contributed by atoms with Crippen molar-refractivity contribution in [3.8, 4) is 11.3 Å². The smallest absolute Gasteiger partial charge is 0.290 e. The number of nitrogens with zero attached hydrogens (tertiary/aromatic N) is 4. The van der Waals surface area contributed by atoms with Crippen LogP contribution in [-0.2, 0) is 5.41 Å². The van der Waals surface area contributed by atoms with E-state index in [1.165, 1.54) is 5.56 Å². The normalized spacial score (nSPS) is 15.8. The molecule has 1 fully saturated rings. The molecule has 0 radical (unpaired) electrons. The van der Waals surface area contributed by atoms with Crippen LogP contribution in [0.5, 0.6) is 0 Å². The van der Waals surface area contributed by atoms with Gasteiger partial charge in [0.05, 0.1) is 17.4 Å². The molecular formula is C30H35N5O3. The molecule has 4 heterocycles. The Hall–Kier alpha value is -3.94. The van der Waals surface area contributed by atoms with Crippen LogP contribution in [0.25, 0.3) is 22.4 Å². The summed E-state index contributed by atoms with van der Waals surface area (Å²) >= 11 is 0. The van der Waals surface area contributed by atoms with Gasteiger partial charge in [0.2, 0.25) is 0 Å². The zero-order chi connectivity index (χ0) is 27.4. The number of pyridine rings is 1. The predicted molar refractivity (Wildman–Crippen MR) is 147 cm³/mol. The molecule has 0 spiro atoms. The van der Waals surface area contributed by atoms with Crippen molar-refractivity contribution in [2.75, 3.05) is 19.6 Å². The molecule has 1 saturated heterocycles. The van der Waals surface area contributed by atoms with E-state index >= 15 is 0 Å². The Kier molecular flexibility index (Phi) is 6.16. The lowest BCUT2D eigenvalue weighted by molar-refractivity contribution is 0.0148. The number of hydrogen-bond donors (Lipinski definition) is 1. The lowest BCUT2D eigenvalue weighted by Crippen LogP contribution is -2.62. The van der Waals surface area contributed by atoms with E-state index in [4.69, 9.17) is 9.40 Å². The van der Waals surface area contributed by atoms with Gasteiger partial charge >= 0.3 is 0 Å². The minimum Gasteiger partial charge on any atom is -0.449 e. The fourth-order valence-electron chi connectivity index (χ4n) is 5.09. The highest BCUT2D eigenvalue weighted by atomic mass is 16.3. The van der Waals surface area contributed by atoms with Gasteiger partial charge in [-0.15, -0.1) is 0 Å². The van der Waals surface area contributed by atoms with Gasteiger partial charge in [0.15, 0.2) is 11.3 Å². The van der Waals surface area contributed by atoms with Gasteiger partial charge in [0.25, 0.3) is 11.8 Å². The topological polar surface area (TPSA) is 95.3 Å². The number of carbonyl (C=O) groups excluding carboxylic acids is 2. The van der Waals surface area contributed by atoms with E-state index in [0.29, 0.717) is 42.3 Å². The molecule has 0 unspecified atom stereocenters. The van der Waals surface area contributed by atoms with Crippen LogP contribution in [0, 0.1) is 13.8 Å². The van der Waals surface area contributed by atoms with Gasteiger partial charge in [-0.25, -0.2) is 9.97 Å². The zero-order valence-corrected chi connectivity index (χ0v) is 23.2. The number of nitrogens with one attached hydrogen (secondary N) is 1. The molecular weight excluding hydrogens is 478 g/mol. The van der Waals surface area contributed by atoms with Crippen LogP contribution in [-0.4, -0.2) is 61.7 Å². The van der Waals surface area contributed by atoms with E-state index in [0.717, 1.165) is 16.8 Å². The first-order valence-corrected chi connectivity index (χ1v) is 13.0. The monoisotopic (exact) mass is 513 g/mol. The van der Waals surface area contributed by atoms with Crippen molar-refractivity contribution in [2.24, 2.45) is 0 Å². The second kappa shape index (κ2) is 9.11. The zero-order valence-electron chi connectivity index (χ0n) is 23.2. The number of imidazole rings is 1. The van der Waals surface area contributed by atoms with Crippen molar-refractivity contribution in [3.63, 3.8) is 0 Å². The van der Waals surface area contributed by atoms with E-state index in [-0.39, 0.29) is 23.0 Å². The van der Waals surface area contributed by atoms with Crippen molar-refractivity contribution in [1.29, 1.82) is 0 Å². The highest BCUT2D eigenvalue weighted by Gasteiger charge is 2.40. The molecule has 0 atom stereocenters. The molecule has 1 aliphatic heterocycles. The average Bonchev–Trinajstić information content (AvgIpc) is 3.48. The second-order valence-electron chi connectivity index (χ2n) is 11.9. The predicted octanol–water partition coefficient (Wildman–Crippen LogP) is 5.51. The highest BCUT2D eigenvalue weighted by Crippen LogP contribution is 2.35. The summed E-state index contributed by atoms with van der Waals surface area (Å²) in [6, 6.07) is 12.1. The Bertz CT molecular complexity index is 1520. The number of benzene rings is 1. The van der Waals surface area contributed by atoms with E-state index in [1.807, 2.05) is 20.8 Å². The maximum absolute atomic E-state index is 13.8. The van der Waals surface area contributed by atoms with Gasteiger partial charge in [-0.05, 0) is 39.2 Å². The van der Waals surface area contributed by atoms with Crippen molar-refractivity contribution < 1.29 is 14.0 Å². The standard InChI is InChI=1S/C30H35N5O3/c1-18-8-10-20(11-9-18)22-14-21(29(3,4)5)26-23(33-22)15-25(38-26)28(37)35-13-12-34(17-30(35,6)7)27(36)24-16-31-19(2)32-24/h8-11,14-16H,12-13,17H2,1-7H3,(H,31,32). The summed E-state index contributed by atoms with van der Waals surface area (Å²) in [5.41, 5.74) is 5.01. The van der Waals surface area contributed by atoms with Crippen LogP contribution in [0.2, 0.25) is 0 Å². The third-order valence-electron chi connectivity index (χ3n) is 7.21. The lowest BCUT2D eigenvalue weighted by atomic mass is 9.86. The number of furan rings is 1. The number of hydrogen-bond acceptors (Lipinski definition) is 5. The minimum absolute atomic E-state index is 0.114. The van der Waals surface area contributed by atoms with Gasteiger partial charge in [-0.2, -0.15) is 0 Å². The van der Waals surface area contributed by atoms with Gasteiger partial charge in [-0.3, -0.25) is 9.59 Å². The van der Waals surface area contributed by atoms with Crippen LogP contribution in [0.4, 0.5) is 0 Å². The summed E-state index contributed by atoms with van der Waals surface area (Å²) in [4.78, 5) is 42.3. The van der Waals surface area contributed by atoms with Crippen molar-refractivity contribution in [1.82, 2.24) is 24.8 Å². The number of H-pyrrole nitrogens is 1. The van der Waals surface area contributed by atoms with Gasteiger partial charge < -0.3 is 19.2 Å². The third kappa shape index (κ3) is 4.71. The first-order chi connectivity index (χ1) is 17.8. The molecule has 38 heavy (non-hydrogen) atoms. The van der Waals surface area contributed by atoms with Gasteiger partial charge in [0, 0.05) is 36.8 Å². The first kappa shape index (κ1) is 25.7. The van der Waals surface area contributed by atoms with Gasteiger partial charge in [0.1, 0.15) is 17.0 Å². The van der Waals surface area contributed by atoms with Crippen molar-refractivity contribution in [3.05, 3.63) is 71.0 Å². The molecule has 0 aliphatic carbocycles. The van der Waals surface area contributed by atoms with Crippen LogP contribution in [0.3, 0.4) is 0 Å². The molecule has 2 amide bonds. The number of aromatic amines is 1. The largest absolute Gasteiger partial charge is 0.449 e. The molecule has 1 N–H and O–H groups in total. The van der Waals surface area contributed by atoms with Crippen LogP contribution in [0.1, 0.15) is 72.6 Å². The number of aryl methyl sites for hydroxylation is 2. The molecule has 1 aromatic carbocycles. The van der Waals surface area contributed by atoms with Crippen LogP contribution < -0.4 is 0 Å². The summed E-state index contributed by atoms with van der Waals surface area (Å²) in [6.45, 7) is 15.4. The van der Waals surface area contributed by atoms with Gasteiger partial charge in [-0.1, -0.05) is 50.6 Å². The van der Waals surface area contributed by atoms with Crippen LogP contribution >= 0.6 is 0 Å². The molecule has 1 aliphatic rings. The fourth-order valence-corrected chi connectivity index (χ4v) is 5.09. The summed E-state index contributed by atoms with van der Waals surface area (Å²) < 4.78 is 6.24. The summed E-state index contributed by atoms with van der Waals surface area (Å²) in [6.07, 6.45) is 1.56. The quantitative estimate of drug-likeness (QED) is 0.390. The fraction of sp³-hybridized carbons (Fsp3) is 0.400. The average molecular weight is 514 g/mol. The van der Waals surface area contributed by atoms with E-state index in [9.17, 15) is 9.59 Å². The number of piperazine rings is 1. The van der Waals surface area contributed by atoms with E-state index in [2.05, 4.69) is 68.0 Å². The summed E-state index contributed by atoms with van der Waals surface area (Å²) in [5, 5.41) is 0. The first-order valence-electron chi connectivity index (χ1n) is 13.0. The van der Waals surface area contributed by atoms with Crippen LogP contribution in [0.15, 0.2) is 47.0 Å². The number of fused-ring (bicyclic) bond motifs is 1. The summed E-state index contributed by atoms with van der Waals surface area (Å²) in [5.74, 6) is 0.641. The maximum Gasteiger partial charge on any atom is 0.290 e. The van der Waals surface area contributed by atoms with Crippen molar-refractivity contribution >= 4 is 22.9 Å². The number of aromatic nitrogens is 3. The maximum atomic E-state index is 13.8. The Balaban J connectivity index is 1.46. The molecule has 4 aromatic rings. The number of rotatable bonds is 3. The number of amides is 2. The minimum atomic E-state index is -0.591. The van der Waals surface area contributed by atoms with E-state index in [1.54, 1.807) is 22.1 Å². The molecule has 0 saturated carbocycles.